The zero-order chi connectivity index (χ0) is 20.2. The average Bonchev–Trinajstić information content (AvgIpc) is 3.37. The van der Waals surface area contributed by atoms with E-state index in [0.29, 0.717) is 0 Å². The minimum atomic E-state index is -0.000412. The number of carbonyl (C=O) groups is 1. The van der Waals surface area contributed by atoms with Crippen LogP contribution < -0.4 is 4.74 Å². The number of carbonyl (C=O) groups excluding carboxylic acids is 1. The first-order chi connectivity index (χ1) is 14.1. The molecule has 0 unspecified atom stereocenters. The van der Waals surface area contributed by atoms with Crippen molar-refractivity contribution in [2.75, 3.05) is 13.2 Å². The van der Waals surface area contributed by atoms with Gasteiger partial charge < -0.3 is 14.0 Å². The van der Waals surface area contributed by atoms with Crippen molar-refractivity contribution in [3.63, 3.8) is 0 Å². The second-order valence-electron chi connectivity index (χ2n) is 7.60. The van der Waals surface area contributed by atoms with E-state index in [1.165, 1.54) is 0 Å². The Kier molecular flexibility index (Phi) is 5.81. The Morgan fingerprint density at radius 1 is 1.10 bits per heavy atom. The summed E-state index contributed by atoms with van der Waals surface area (Å²) in [5, 5.41) is 0. The number of nitrogens with zero attached hydrogens (tertiary/aromatic N) is 1. The topological polar surface area (TPSA) is 40.5 Å². The van der Waals surface area contributed by atoms with E-state index in [4.69, 9.17) is 9.47 Å². The third kappa shape index (κ3) is 4.28. The highest BCUT2D eigenvalue weighted by atomic mass is 16.5. The van der Waals surface area contributed by atoms with Gasteiger partial charge in [0.15, 0.2) is 6.61 Å². The van der Waals surface area contributed by atoms with Crippen molar-refractivity contribution in [1.29, 1.82) is 0 Å². The summed E-state index contributed by atoms with van der Waals surface area (Å²) < 4.78 is 13.9. The van der Waals surface area contributed by atoms with Gasteiger partial charge >= 0.3 is 0 Å². The number of aromatic nitrogens is 1. The van der Waals surface area contributed by atoms with E-state index < -0.39 is 0 Å². The normalized spacial score (nSPS) is 16.1. The smallest absolute Gasteiger partial charge is 0.202 e. The summed E-state index contributed by atoms with van der Waals surface area (Å²) in [6.45, 7) is 5.72. The van der Waals surface area contributed by atoms with Crippen molar-refractivity contribution in [1.82, 2.24) is 4.57 Å². The highest BCUT2D eigenvalue weighted by Gasteiger charge is 2.21. The van der Waals surface area contributed by atoms with Crippen molar-refractivity contribution in [3.05, 3.63) is 77.6 Å². The van der Waals surface area contributed by atoms with Crippen LogP contribution in [-0.2, 0) is 11.3 Å². The molecule has 0 bridgehead atoms. The largest absolute Gasteiger partial charge is 0.485 e. The fourth-order valence-corrected chi connectivity index (χ4v) is 4.03. The van der Waals surface area contributed by atoms with Gasteiger partial charge in [0.05, 0.1) is 6.10 Å². The van der Waals surface area contributed by atoms with E-state index >= 15 is 0 Å². The van der Waals surface area contributed by atoms with Crippen LogP contribution in [0.5, 0.6) is 5.75 Å². The van der Waals surface area contributed by atoms with Crippen LogP contribution in [0.25, 0.3) is 11.1 Å². The summed E-state index contributed by atoms with van der Waals surface area (Å²) in [5.74, 6) is 0.722. The van der Waals surface area contributed by atoms with Crippen LogP contribution in [0.2, 0.25) is 0 Å². The van der Waals surface area contributed by atoms with Crippen molar-refractivity contribution in [2.24, 2.45) is 0 Å². The Labute approximate surface area is 172 Å². The van der Waals surface area contributed by atoms with Gasteiger partial charge in [0.1, 0.15) is 5.75 Å². The van der Waals surface area contributed by atoms with Gasteiger partial charge in [-0.3, -0.25) is 4.79 Å². The number of Topliss-reactive ketones (excluding diaryl/α,β-unsaturated/α-hetero) is 1. The molecule has 4 heteroatoms. The van der Waals surface area contributed by atoms with Crippen LogP contribution in [0.15, 0.2) is 60.7 Å². The maximum atomic E-state index is 12.9. The summed E-state index contributed by atoms with van der Waals surface area (Å²) in [6, 6.07) is 19.9. The average molecular weight is 389 g/mol. The molecule has 4 nitrogen and oxygen atoms in total. The van der Waals surface area contributed by atoms with Crippen LogP contribution in [0, 0.1) is 13.8 Å². The Balaban J connectivity index is 1.48. The minimum Gasteiger partial charge on any atom is -0.485 e. The molecule has 0 spiro atoms. The molecule has 4 rings (SSSR count). The molecule has 0 amide bonds. The molecule has 2 aromatic carbocycles. The molecule has 1 saturated heterocycles. The first kappa shape index (κ1) is 19.5. The number of hydrogen-bond acceptors (Lipinski definition) is 3. The lowest BCUT2D eigenvalue weighted by Crippen LogP contribution is -2.18. The highest BCUT2D eigenvalue weighted by molar-refractivity contribution is 5.98. The second kappa shape index (κ2) is 8.66. The first-order valence-electron chi connectivity index (χ1n) is 10.2. The Morgan fingerprint density at radius 2 is 1.86 bits per heavy atom. The number of ketones is 1. The monoisotopic (exact) mass is 389 g/mol. The Hall–Kier alpha value is -2.85. The molecule has 1 fully saturated rings. The summed E-state index contributed by atoms with van der Waals surface area (Å²) in [4.78, 5) is 12.9. The SMILES string of the molecule is Cc1cc(C(=O)COc2ccccc2-c2ccccc2)c(C)n1C[C@H]1CCCO1. The van der Waals surface area contributed by atoms with Gasteiger partial charge in [-0.2, -0.15) is 0 Å². The number of para-hydroxylation sites is 1. The summed E-state index contributed by atoms with van der Waals surface area (Å²) in [5.41, 5.74) is 4.88. The standard InChI is InChI=1S/C25H27NO3/c1-18-15-23(19(2)26(18)16-21-11-8-14-28-21)24(27)17-29-25-13-7-6-12-22(25)20-9-4-3-5-10-20/h3-7,9-10,12-13,15,21H,8,11,14,16-17H2,1-2H3/t21-/m1/s1. The van der Waals surface area contributed by atoms with Gasteiger partial charge in [0.2, 0.25) is 5.78 Å². The fraction of sp³-hybridized carbons (Fsp3) is 0.320. The Bertz CT molecular complexity index is 985. The van der Waals surface area contributed by atoms with Gasteiger partial charge in [-0.15, -0.1) is 0 Å². The summed E-state index contributed by atoms with van der Waals surface area (Å²) >= 11 is 0. The van der Waals surface area contributed by atoms with Crippen molar-refractivity contribution >= 4 is 5.78 Å². The van der Waals surface area contributed by atoms with Gasteiger partial charge in [-0.05, 0) is 44.4 Å². The summed E-state index contributed by atoms with van der Waals surface area (Å²) in [7, 11) is 0. The number of aryl methyl sites for hydroxylation is 1. The van der Waals surface area contributed by atoms with E-state index in [1.807, 2.05) is 74.5 Å². The predicted molar refractivity (Wildman–Crippen MR) is 115 cm³/mol. The predicted octanol–water partition coefficient (Wildman–Crippen LogP) is 5.21. The molecular formula is C25H27NO3. The molecule has 0 radical (unpaired) electrons. The van der Waals surface area contributed by atoms with Crippen molar-refractivity contribution < 1.29 is 14.3 Å². The van der Waals surface area contributed by atoms with Gasteiger partial charge in [0.25, 0.3) is 0 Å². The lowest BCUT2D eigenvalue weighted by Gasteiger charge is -2.15. The van der Waals surface area contributed by atoms with Gasteiger partial charge in [0, 0.05) is 35.7 Å². The molecule has 1 aliphatic heterocycles. The lowest BCUT2D eigenvalue weighted by molar-refractivity contribution is 0.0915. The second-order valence-corrected chi connectivity index (χ2v) is 7.60. The lowest BCUT2D eigenvalue weighted by atomic mass is 10.0. The van der Waals surface area contributed by atoms with E-state index in [0.717, 1.165) is 59.8 Å². The van der Waals surface area contributed by atoms with Crippen molar-refractivity contribution in [2.45, 2.75) is 39.3 Å². The van der Waals surface area contributed by atoms with E-state index in [1.54, 1.807) is 0 Å². The Morgan fingerprint density at radius 3 is 2.62 bits per heavy atom. The zero-order valence-electron chi connectivity index (χ0n) is 17.1. The fourth-order valence-electron chi connectivity index (χ4n) is 4.03. The van der Waals surface area contributed by atoms with E-state index in [-0.39, 0.29) is 18.5 Å². The third-order valence-electron chi connectivity index (χ3n) is 5.61. The van der Waals surface area contributed by atoms with Gasteiger partial charge in [-0.25, -0.2) is 0 Å². The molecule has 1 aromatic heterocycles. The van der Waals surface area contributed by atoms with Gasteiger partial charge in [-0.1, -0.05) is 48.5 Å². The van der Waals surface area contributed by atoms with Crippen LogP contribution in [0.3, 0.4) is 0 Å². The third-order valence-corrected chi connectivity index (χ3v) is 5.61. The maximum absolute atomic E-state index is 12.9. The van der Waals surface area contributed by atoms with E-state index in [2.05, 4.69) is 4.57 Å². The molecule has 150 valence electrons. The number of hydrogen-bond donors (Lipinski definition) is 0. The highest BCUT2D eigenvalue weighted by Crippen LogP contribution is 2.30. The molecule has 1 aliphatic rings. The molecule has 0 aliphatic carbocycles. The van der Waals surface area contributed by atoms with Crippen LogP contribution in [-0.4, -0.2) is 29.7 Å². The quantitative estimate of drug-likeness (QED) is 0.521. The molecular weight excluding hydrogens is 362 g/mol. The number of rotatable bonds is 7. The zero-order valence-corrected chi connectivity index (χ0v) is 17.1. The molecule has 1 atom stereocenters. The first-order valence-corrected chi connectivity index (χ1v) is 10.2. The van der Waals surface area contributed by atoms with E-state index in [9.17, 15) is 4.79 Å². The summed E-state index contributed by atoms with van der Waals surface area (Å²) in [6.07, 6.45) is 2.45. The molecule has 0 saturated carbocycles. The maximum Gasteiger partial charge on any atom is 0.202 e. The molecule has 2 heterocycles. The molecule has 0 N–H and O–H groups in total. The minimum absolute atomic E-state index is 0.000412. The van der Waals surface area contributed by atoms with Crippen LogP contribution >= 0.6 is 0 Å². The van der Waals surface area contributed by atoms with Crippen LogP contribution in [0.1, 0.15) is 34.6 Å². The number of benzene rings is 2. The molecule has 3 aromatic rings. The van der Waals surface area contributed by atoms with Crippen molar-refractivity contribution in [3.8, 4) is 16.9 Å². The van der Waals surface area contributed by atoms with Crippen LogP contribution in [0.4, 0.5) is 0 Å². The number of ether oxygens (including phenoxy) is 2. The molecule has 29 heavy (non-hydrogen) atoms.